The first-order chi connectivity index (χ1) is 8.72. The summed E-state index contributed by atoms with van der Waals surface area (Å²) < 4.78 is 1.51. The van der Waals surface area contributed by atoms with E-state index < -0.39 is 0 Å². The van der Waals surface area contributed by atoms with Crippen LogP contribution in [0.4, 0.5) is 0 Å². The van der Waals surface area contributed by atoms with Crippen LogP contribution in [-0.4, -0.2) is 17.7 Å². The number of hydrogen-bond donors (Lipinski definition) is 0. The fraction of sp³-hybridized carbons (Fsp3) is 0.556. The second-order valence-corrected chi connectivity index (χ2v) is 7.90. The van der Waals surface area contributed by atoms with Crippen LogP contribution < -0.4 is 0 Å². The standard InChI is InChI=1S/C18H23.Li/c1-12-8-13-10-15-16(11-14(13)9-12)18(4,5)7-6-17(15,2)3;/h10-11H,6-8H2,1-5H3;. The predicted octanol–water partition coefficient (Wildman–Crippen LogP) is 4.49. The Balaban J connectivity index is 2.26. The second-order valence-electron chi connectivity index (χ2n) is 7.90. The fourth-order valence-electron chi connectivity index (χ4n) is 3.80. The van der Waals surface area contributed by atoms with Gasteiger partial charge in [-0.15, -0.1) is 0 Å². The first-order valence-corrected chi connectivity index (χ1v) is 7.57. The zero-order chi connectivity index (χ0) is 14.0. The summed E-state index contributed by atoms with van der Waals surface area (Å²) in [6.07, 6.45) is 3.76. The summed E-state index contributed by atoms with van der Waals surface area (Å²) in [5, 5.41) is 0. The monoisotopic (exact) mass is 246 g/mol. The molecule has 0 spiro atoms. The molecule has 19 heavy (non-hydrogen) atoms. The van der Waals surface area contributed by atoms with Crippen molar-refractivity contribution in [2.45, 2.75) is 64.7 Å². The molecule has 1 heteroatoms. The van der Waals surface area contributed by atoms with Gasteiger partial charge in [0, 0.05) is 0 Å². The molecule has 0 atom stereocenters. The molecule has 0 amide bonds. The van der Waals surface area contributed by atoms with E-state index in [0.717, 1.165) is 6.42 Å². The van der Waals surface area contributed by atoms with Crippen molar-refractivity contribution in [2.24, 2.45) is 0 Å². The number of fused-ring (bicyclic) bond motifs is 2. The third-order valence-corrected chi connectivity index (χ3v) is 5.58. The molecule has 3 rings (SSSR count). The summed E-state index contributed by atoms with van der Waals surface area (Å²) in [4.78, 5) is 0. The van der Waals surface area contributed by atoms with Gasteiger partial charge in [-0.2, -0.15) is 0 Å². The van der Waals surface area contributed by atoms with Gasteiger partial charge in [-0.25, -0.2) is 0 Å². The zero-order valence-corrected chi connectivity index (χ0v) is 13.3. The number of hydrogen-bond acceptors (Lipinski definition) is 0. The van der Waals surface area contributed by atoms with Crippen molar-refractivity contribution in [1.82, 2.24) is 0 Å². The van der Waals surface area contributed by atoms with E-state index in [0.29, 0.717) is 10.8 Å². The van der Waals surface area contributed by atoms with E-state index in [4.69, 9.17) is 0 Å². The van der Waals surface area contributed by atoms with E-state index in [-0.39, 0.29) is 0 Å². The second kappa shape index (κ2) is 4.03. The van der Waals surface area contributed by atoms with Gasteiger partial charge < -0.3 is 0 Å². The van der Waals surface area contributed by atoms with Crippen LogP contribution in [0.3, 0.4) is 0 Å². The van der Waals surface area contributed by atoms with E-state index in [1.54, 1.807) is 22.3 Å². The first kappa shape index (κ1) is 13.5. The molecular formula is C18H23Li. The predicted molar refractivity (Wildman–Crippen MR) is 83.8 cm³/mol. The first-order valence-electron chi connectivity index (χ1n) is 7.57. The zero-order valence-electron chi connectivity index (χ0n) is 13.3. The molecule has 0 unspecified atom stereocenters. The van der Waals surface area contributed by atoms with Gasteiger partial charge in [-0.1, -0.05) is 0 Å². The molecule has 1 aromatic rings. The average Bonchev–Trinajstić information content (AvgIpc) is 2.60. The third kappa shape index (κ3) is 1.96. The summed E-state index contributed by atoms with van der Waals surface area (Å²) in [5.41, 5.74) is 8.48. The Morgan fingerprint density at radius 2 is 1.47 bits per heavy atom. The molecule has 1 aromatic carbocycles. The fourth-order valence-corrected chi connectivity index (χ4v) is 3.80. The Labute approximate surface area is 126 Å². The molecule has 2 aliphatic carbocycles. The molecule has 0 bridgehead atoms. The average molecular weight is 246 g/mol. The van der Waals surface area contributed by atoms with Gasteiger partial charge in [0.1, 0.15) is 0 Å². The molecule has 0 N–H and O–H groups in total. The van der Waals surface area contributed by atoms with Crippen molar-refractivity contribution >= 4 is 22.0 Å². The Bertz CT molecular complexity index is 588. The van der Waals surface area contributed by atoms with E-state index in [1.807, 2.05) is 0 Å². The van der Waals surface area contributed by atoms with Gasteiger partial charge in [0.25, 0.3) is 0 Å². The van der Waals surface area contributed by atoms with Crippen molar-refractivity contribution in [2.75, 3.05) is 0 Å². The van der Waals surface area contributed by atoms with Gasteiger partial charge in [0.15, 0.2) is 0 Å². The topological polar surface area (TPSA) is 0 Å². The Kier molecular flexibility index (Phi) is 2.87. The van der Waals surface area contributed by atoms with Crippen molar-refractivity contribution < 1.29 is 0 Å². The van der Waals surface area contributed by atoms with Gasteiger partial charge in [-0.3, -0.25) is 0 Å². The maximum atomic E-state index is 2.52. The normalized spacial score (nSPS) is 23.3. The molecule has 0 saturated carbocycles. The van der Waals surface area contributed by atoms with E-state index in [1.165, 1.54) is 22.7 Å². The van der Waals surface area contributed by atoms with Gasteiger partial charge >= 0.3 is 127 Å². The third-order valence-electron chi connectivity index (χ3n) is 5.58. The molecule has 0 heterocycles. The molecule has 0 nitrogen and oxygen atoms in total. The van der Waals surface area contributed by atoms with Crippen LogP contribution in [0.2, 0.25) is 0 Å². The summed E-state index contributed by atoms with van der Waals surface area (Å²) in [6, 6.07) is 5.03. The molecule has 96 valence electrons. The summed E-state index contributed by atoms with van der Waals surface area (Å²) in [7, 11) is 0. The van der Waals surface area contributed by atoms with Crippen molar-refractivity contribution in [3.05, 3.63) is 40.0 Å². The molecule has 2 aliphatic rings. The molecule has 0 aromatic heterocycles. The van der Waals surface area contributed by atoms with Crippen molar-refractivity contribution in [3.8, 4) is 0 Å². The minimum absolute atomic E-state index is 0.330. The van der Waals surface area contributed by atoms with Gasteiger partial charge in [-0.05, 0) is 0 Å². The summed E-state index contributed by atoms with van der Waals surface area (Å²) in [6.45, 7) is 11.9. The quantitative estimate of drug-likeness (QED) is 0.592. The Morgan fingerprint density at radius 3 is 2.05 bits per heavy atom. The number of benzene rings is 1. The van der Waals surface area contributed by atoms with E-state index in [9.17, 15) is 0 Å². The summed E-state index contributed by atoms with van der Waals surface area (Å²) in [5.74, 6) is 0. The van der Waals surface area contributed by atoms with Crippen LogP contribution in [0.5, 0.6) is 0 Å². The van der Waals surface area contributed by atoms with Gasteiger partial charge in [0.2, 0.25) is 0 Å². The maximum absolute atomic E-state index is 2.52. The van der Waals surface area contributed by atoms with Crippen molar-refractivity contribution in [3.63, 3.8) is 0 Å². The molecule has 0 aliphatic heterocycles. The minimum atomic E-state index is 0.330. The van der Waals surface area contributed by atoms with Crippen LogP contribution in [0.25, 0.3) is 4.25 Å². The Hall–Kier alpha value is -0.443. The Morgan fingerprint density at radius 1 is 0.947 bits per heavy atom. The van der Waals surface area contributed by atoms with Crippen LogP contribution >= 0.6 is 0 Å². The van der Waals surface area contributed by atoms with Crippen LogP contribution in [-0.2, 0) is 17.3 Å². The van der Waals surface area contributed by atoms with Gasteiger partial charge in [0.05, 0.1) is 0 Å². The molecule has 0 saturated heterocycles. The molecule has 0 fully saturated rings. The van der Waals surface area contributed by atoms with Crippen LogP contribution in [0.1, 0.15) is 69.7 Å². The SMILES string of the molecule is [Li][C]1=C(C)Cc2cc3c(cc21)C(C)(C)CCC3(C)C. The molecule has 0 radical (unpaired) electrons. The van der Waals surface area contributed by atoms with Crippen LogP contribution in [0.15, 0.2) is 17.7 Å². The van der Waals surface area contributed by atoms with Crippen LogP contribution in [0, 0.1) is 0 Å². The van der Waals surface area contributed by atoms with Crippen molar-refractivity contribution in [1.29, 1.82) is 0 Å². The van der Waals surface area contributed by atoms with E-state index >= 15 is 0 Å². The molecular weight excluding hydrogens is 223 g/mol. The number of rotatable bonds is 0. The van der Waals surface area contributed by atoms with E-state index in [2.05, 4.69) is 64.5 Å². The summed E-state index contributed by atoms with van der Waals surface area (Å²) >= 11 is 2.29. The number of allylic oxidation sites excluding steroid dienone is 1.